The summed E-state index contributed by atoms with van der Waals surface area (Å²) >= 11 is 5.43. The van der Waals surface area contributed by atoms with Gasteiger partial charge in [0.1, 0.15) is 0 Å². The fourth-order valence-corrected chi connectivity index (χ4v) is 2.82. The first-order chi connectivity index (χ1) is 11.0. The molecule has 0 aromatic heterocycles. The van der Waals surface area contributed by atoms with Crippen molar-refractivity contribution < 1.29 is 0 Å². The summed E-state index contributed by atoms with van der Waals surface area (Å²) in [5.41, 5.74) is 6.21. The molecule has 0 saturated heterocycles. The average molecular weight is 327 g/mol. The van der Waals surface area contributed by atoms with Crippen LogP contribution in [0.15, 0.2) is 42.5 Å². The molecule has 1 unspecified atom stereocenters. The van der Waals surface area contributed by atoms with Crippen LogP contribution in [0.5, 0.6) is 0 Å². The van der Waals surface area contributed by atoms with E-state index in [4.69, 9.17) is 12.2 Å². The second kappa shape index (κ2) is 8.11. The zero-order chi connectivity index (χ0) is 16.8. The third-order valence-corrected chi connectivity index (χ3v) is 4.35. The first-order valence-electron chi connectivity index (χ1n) is 8.23. The van der Waals surface area contributed by atoms with Gasteiger partial charge >= 0.3 is 0 Å². The fourth-order valence-electron chi connectivity index (χ4n) is 2.53. The molecule has 0 aliphatic heterocycles. The molecule has 2 nitrogen and oxygen atoms in total. The average Bonchev–Trinajstić information content (AvgIpc) is 2.52. The Morgan fingerprint density at radius 1 is 1.04 bits per heavy atom. The SMILES string of the molecule is CCCc1ccc(C(C)NC(=S)Nc2ccc(C)c(C)c2)cc1. The van der Waals surface area contributed by atoms with Gasteiger partial charge in [-0.05, 0) is 73.8 Å². The lowest BCUT2D eigenvalue weighted by molar-refractivity contribution is 0.722. The monoisotopic (exact) mass is 326 g/mol. The summed E-state index contributed by atoms with van der Waals surface area (Å²) in [6, 6.07) is 15.2. The molecular weight excluding hydrogens is 300 g/mol. The van der Waals surface area contributed by atoms with E-state index in [9.17, 15) is 0 Å². The van der Waals surface area contributed by atoms with Gasteiger partial charge in [0, 0.05) is 5.69 Å². The van der Waals surface area contributed by atoms with Crippen LogP contribution in [0.3, 0.4) is 0 Å². The molecule has 1 atom stereocenters. The standard InChI is InChI=1S/C20H26N2S/c1-5-6-17-8-10-18(11-9-17)16(4)21-20(23)22-19-12-7-14(2)15(3)13-19/h7-13,16H,5-6H2,1-4H3,(H2,21,22,23). The van der Waals surface area contributed by atoms with Crippen molar-refractivity contribution in [3.05, 3.63) is 64.7 Å². The third kappa shape index (κ3) is 5.07. The normalized spacial score (nSPS) is 11.8. The Labute approximate surface area is 145 Å². The lowest BCUT2D eigenvalue weighted by Gasteiger charge is -2.18. The molecule has 2 rings (SSSR count). The molecule has 3 heteroatoms. The topological polar surface area (TPSA) is 24.1 Å². The molecule has 122 valence electrons. The maximum atomic E-state index is 5.43. The van der Waals surface area contributed by atoms with Gasteiger partial charge in [0.25, 0.3) is 0 Å². The Morgan fingerprint density at radius 2 is 1.74 bits per heavy atom. The van der Waals surface area contributed by atoms with Gasteiger partial charge in [-0.15, -0.1) is 0 Å². The van der Waals surface area contributed by atoms with Crippen LogP contribution in [-0.2, 0) is 6.42 Å². The Hall–Kier alpha value is -1.87. The predicted octanol–water partition coefficient (Wildman–Crippen LogP) is 5.30. The third-order valence-electron chi connectivity index (χ3n) is 4.13. The van der Waals surface area contributed by atoms with E-state index in [-0.39, 0.29) is 6.04 Å². The first-order valence-corrected chi connectivity index (χ1v) is 8.64. The highest BCUT2D eigenvalue weighted by atomic mass is 32.1. The number of nitrogens with one attached hydrogen (secondary N) is 2. The first kappa shape index (κ1) is 17.5. The highest BCUT2D eigenvalue weighted by Crippen LogP contribution is 2.16. The van der Waals surface area contributed by atoms with Crippen molar-refractivity contribution in [2.24, 2.45) is 0 Å². The largest absolute Gasteiger partial charge is 0.356 e. The summed E-state index contributed by atoms with van der Waals surface area (Å²) in [6.07, 6.45) is 2.31. The zero-order valence-electron chi connectivity index (χ0n) is 14.4. The molecule has 0 fully saturated rings. The van der Waals surface area contributed by atoms with Crippen LogP contribution in [-0.4, -0.2) is 5.11 Å². The predicted molar refractivity (Wildman–Crippen MR) is 104 cm³/mol. The minimum Gasteiger partial charge on any atom is -0.356 e. The molecule has 0 heterocycles. The van der Waals surface area contributed by atoms with Gasteiger partial charge in [-0.2, -0.15) is 0 Å². The van der Waals surface area contributed by atoms with E-state index in [1.54, 1.807) is 0 Å². The molecular formula is C20H26N2S. The highest BCUT2D eigenvalue weighted by molar-refractivity contribution is 7.80. The smallest absolute Gasteiger partial charge is 0.171 e. The van der Waals surface area contributed by atoms with E-state index in [0.717, 1.165) is 12.1 Å². The summed E-state index contributed by atoms with van der Waals surface area (Å²) in [5, 5.41) is 7.26. The van der Waals surface area contributed by atoms with Gasteiger partial charge < -0.3 is 10.6 Å². The van der Waals surface area contributed by atoms with Gasteiger partial charge in [-0.3, -0.25) is 0 Å². The molecule has 0 radical (unpaired) electrons. The van der Waals surface area contributed by atoms with Gasteiger partial charge in [0.15, 0.2) is 5.11 Å². The Bertz CT molecular complexity index is 662. The van der Waals surface area contributed by atoms with Crippen molar-refractivity contribution in [1.82, 2.24) is 5.32 Å². The fraction of sp³-hybridized carbons (Fsp3) is 0.350. The van der Waals surface area contributed by atoms with Crippen molar-refractivity contribution >= 4 is 23.0 Å². The van der Waals surface area contributed by atoms with Crippen molar-refractivity contribution in [3.63, 3.8) is 0 Å². The van der Waals surface area contributed by atoms with Gasteiger partial charge in [0.05, 0.1) is 6.04 Å². The van der Waals surface area contributed by atoms with Crippen molar-refractivity contribution in [2.45, 2.75) is 46.6 Å². The minimum absolute atomic E-state index is 0.178. The molecule has 0 bridgehead atoms. The Balaban J connectivity index is 1.94. The van der Waals surface area contributed by atoms with Crippen molar-refractivity contribution in [2.75, 3.05) is 5.32 Å². The summed E-state index contributed by atoms with van der Waals surface area (Å²) in [4.78, 5) is 0. The summed E-state index contributed by atoms with van der Waals surface area (Å²) < 4.78 is 0. The Morgan fingerprint density at radius 3 is 2.35 bits per heavy atom. The van der Waals surface area contributed by atoms with Crippen LogP contribution in [0, 0.1) is 13.8 Å². The molecule has 0 aliphatic carbocycles. The molecule has 0 amide bonds. The van der Waals surface area contributed by atoms with Gasteiger partial charge in [0.2, 0.25) is 0 Å². The molecule has 0 aliphatic rings. The van der Waals surface area contributed by atoms with E-state index in [2.05, 4.69) is 80.8 Å². The van der Waals surface area contributed by atoms with Crippen molar-refractivity contribution in [1.29, 1.82) is 0 Å². The van der Waals surface area contributed by atoms with Crippen molar-refractivity contribution in [3.8, 4) is 0 Å². The number of anilines is 1. The number of hydrogen-bond donors (Lipinski definition) is 2. The highest BCUT2D eigenvalue weighted by Gasteiger charge is 2.07. The molecule has 2 aromatic carbocycles. The van der Waals surface area contributed by atoms with E-state index in [0.29, 0.717) is 5.11 Å². The number of aryl methyl sites for hydroxylation is 3. The second-order valence-electron chi connectivity index (χ2n) is 6.11. The van der Waals surface area contributed by atoms with Crippen LogP contribution in [0.1, 0.15) is 48.6 Å². The van der Waals surface area contributed by atoms with Gasteiger partial charge in [-0.25, -0.2) is 0 Å². The lowest BCUT2D eigenvalue weighted by Crippen LogP contribution is -2.30. The van der Waals surface area contributed by atoms with E-state index >= 15 is 0 Å². The zero-order valence-corrected chi connectivity index (χ0v) is 15.3. The van der Waals surface area contributed by atoms with Crippen LogP contribution in [0.4, 0.5) is 5.69 Å². The van der Waals surface area contributed by atoms with E-state index < -0.39 is 0 Å². The van der Waals surface area contributed by atoms with Crippen LogP contribution in [0.2, 0.25) is 0 Å². The van der Waals surface area contributed by atoms with E-state index in [1.807, 2.05) is 0 Å². The maximum absolute atomic E-state index is 5.43. The maximum Gasteiger partial charge on any atom is 0.171 e. The molecule has 2 aromatic rings. The Kier molecular flexibility index (Phi) is 6.17. The summed E-state index contributed by atoms with van der Waals surface area (Å²) in [7, 11) is 0. The number of benzene rings is 2. The van der Waals surface area contributed by atoms with Gasteiger partial charge in [-0.1, -0.05) is 43.7 Å². The van der Waals surface area contributed by atoms with E-state index in [1.165, 1.54) is 28.7 Å². The quantitative estimate of drug-likeness (QED) is 0.729. The lowest BCUT2D eigenvalue weighted by atomic mass is 10.0. The van der Waals surface area contributed by atoms with Crippen LogP contribution in [0.25, 0.3) is 0 Å². The summed E-state index contributed by atoms with van der Waals surface area (Å²) in [5.74, 6) is 0. The summed E-state index contributed by atoms with van der Waals surface area (Å²) in [6.45, 7) is 8.55. The van der Waals surface area contributed by atoms with Crippen LogP contribution < -0.4 is 10.6 Å². The molecule has 0 spiro atoms. The molecule has 2 N–H and O–H groups in total. The molecule has 0 saturated carbocycles. The minimum atomic E-state index is 0.178. The second-order valence-corrected chi connectivity index (χ2v) is 6.52. The van der Waals surface area contributed by atoms with Crippen LogP contribution >= 0.6 is 12.2 Å². The number of hydrogen-bond acceptors (Lipinski definition) is 1. The number of thiocarbonyl (C=S) groups is 1. The number of rotatable bonds is 5. The molecule has 23 heavy (non-hydrogen) atoms.